The van der Waals surface area contributed by atoms with Crippen LogP contribution in [-0.4, -0.2) is 70.1 Å². The highest BCUT2D eigenvalue weighted by Crippen LogP contribution is 2.36. The van der Waals surface area contributed by atoms with Crippen molar-refractivity contribution in [2.24, 2.45) is 5.73 Å². The molecule has 7 nitrogen and oxygen atoms in total. The van der Waals surface area contributed by atoms with E-state index in [1.807, 2.05) is 12.4 Å². The second-order valence-electron chi connectivity index (χ2n) is 10.8. The Morgan fingerprint density at radius 3 is 2.74 bits per heavy atom. The van der Waals surface area contributed by atoms with Crippen LogP contribution in [0.1, 0.15) is 48.7 Å². The first-order valence-electron chi connectivity index (χ1n) is 14.5. The van der Waals surface area contributed by atoms with Crippen molar-refractivity contribution >= 4 is 21.8 Å². The number of nitrogens with two attached hydrogens (primary N) is 1. The lowest BCUT2D eigenvalue weighted by Crippen LogP contribution is -2.44. The zero-order chi connectivity index (χ0) is 25.7. The monoisotopic (exact) mass is 511 g/mol. The highest BCUT2D eigenvalue weighted by atomic mass is 15.2. The van der Waals surface area contributed by atoms with Crippen LogP contribution in [0.4, 0.5) is 0 Å². The summed E-state index contributed by atoms with van der Waals surface area (Å²) in [5.74, 6) is 0. The molecule has 1 aromatic carbocycles. The Hall–Kier alpha value is -2.84. The number of fused-ring (bicyclic) bond motifs is 4. The zero-order valence-electron chi connectivity index (χ0n) is 22.5. The highest BCUT2D eigenvalue weighted by molar-refractivity contribution is 6.08. The van der Waals surface area contributed by atoms with Gasteiger partial charge in [-0.1, -0.05) is 24.3 Å². The number of hydrogen-bond donors (Lipinski definition) is 2. The van der Waals surface area contributed by atoms with Gasteiger partial charge < -0.3 is 15.6 Å². The topological polar surface area (TPSA) is 75.2 Å². The van der Waals surface area contributed by atoms with Crippen molar-refractivity contribution in [3.05, 3.63) is 71.8 Å². The van der Waals surface area contributed by atoms with Gasteiger partial charge in [0.05, 0.1) is 22.9 Å². The first-order chi connectivity index (χ1) is 18.8. The fraction of sp³-hybridized carbons (Fsp3) is 0.484. The first kappa shape index (κ1) is 25.4. The third-order valence-corrected chi connectivity index (χ3v) is 8.46. The van der Waals surface area contributed by atoms with Crippen molar-refractivity contribution in [2.45, 2.75) is 51.2 Å². The molecule has 0 amide bonds. The fourth-order valence-electron chi connectivity index (χ4n) is 6.53. The van der Waals surface area contributed by atoms with Crippen LogP contribution in [0.15, 0.2) is 54.9 Å². The van der Waals surface area contributed by atoms with Crippen molar-refractivity contribution in [3.8, 4) is 0 Å². The number of nitrogens with zero attached hydrogens (tertiary/aromatic N) is 5. The van der Waals surface area contributed by atoms with Gasteiger partial charge in [0.15, 0.2) is 0 Å². The maximum atomic E-state index is 5.90. The second kappa shape index (κ2) is 11.9. The van der Waals surface area contributed by atoms with Crippen molar-refractivity contribution in [2.75, 3.05) is 45.8 Å². The molecule has 3 N–H and O–H groups in total. The molecule has 1 fully saturated rings. The Labute approximate surface area is 226 Å². The number of aryl methyl sites for hydroxylation is 1. The van der Waals surface area contributed by atoms with Crippen molar-refractivity contribution in [3.63, 3.8) is 0 Å². The van der Waals surface area contributed by atoms with Crippen LogP contribution in [0.3, 0.4) is 0 Å². The van der Waals surface area contributed by atoms with Crippen LogP contribution in [0.25, 0.3) is 21.8 Å². The number of piperazine rings is 1. The normalized spacial score (nSPS) is 18.4. The molecule has 7 heteroatoms. The smallest absolute Gasteiger partial charge is 0.0787 e. The van der Waals surface area contributed by atoms with Crippen LogP contribution >= 0.6 is 0 Å². The lowest BCUT2D eigenvalue weighted by molar-refractivity contribution is 0.161. The average molecular weight is 512 g/mol. The molecule has 1 aliphatic heterocycles. The minimum atomic E-state index is 0.327. The van der Waals surface area contributed by atoms with Gasteiger partial charge >= 0.3 is 0 Å². The molecular weight excluding hydrogens is 470 g/mol. The molecule has 3 aromatic heterocycles. The lowest BCUT2D eigenvalue weighted by Gasteiger charge is -2.35. The summed E-state index contributed by atoms with van der Waals surface area (Å²) in [7, 11) is 0. The predicted octanol–water partition coefficient (Wildman–Crippen LogP) is 4.11. The van der Waals surface area contributed by atoms with E-state index >= 15 is 0 Å². The van der Waals surface area contributed by atoms with Crippen molar-refractivity contribution in [1.82, 2.24) is 29.7 Å². The maximum Gasteiger partial charge on any atom is 0.0787 e. The summed E-state index contributed by atoms with van der Waals surface area (Å²) in [5.41, 5.74) is 12.4. The van der Waals surface area contributed by atoms with Gasteiger partial charge in [-0.25, -0.2) is 0 Å². The number of benzene rings is 1. The Kier molecular flexibility index (Phi) is 7.97. The van der Waals surface area contributed by atoms with Gasteiger partial charge in [-0.15, -0.1) is 0 Å². The Morgan fingerprint density at radius 1 is 0.947 bits per heavy atom. The fourth-order valence-corrected chi connectivity index (χ4v) is 6.53. The van der Waals surface area contributed by atoms with E-state index in [9.17, 15) is 0 Å². The number of unbranched alkanes of at least 4 members (excludes halogenated alkanes) is 1. The molecule has 200 valence electrons. The molecule has 4 heterocycles. The summed E-state index contributed by atoms with van der Waals surface area (Å²) in [5, 5.41) is 6.12. The van der Waals surface area contributed by atoms with Crippen LogP contribution < -0.4 is 11.1 Å². The van der Waals surface area contributed by atoms with Gasteiger partial charge in [0.1, 0.15) is 0 Å². The number of rotatable bonds is 10. The standard InChI is InChI=1S/C31H41N7/c32-13-3-4-18-37(29-11-5-7-24-8-6-14-35-30(24)29)23-27-31-26(12-15-34-27)25-9-1-2-10-28(25)38(31)22-21-36-19-16-33-17-20-36/h1-2,6,8-10,12,14-15,29,33H,3-5,7,11,13,16-23,32H2/t29-/m0/s1. The number of para-hydroxylation sites is 1. The number of hydrogen-bond acceptors (Lipinski definition) is 6. The summed E-state index contributed by atoms with van der Waals surface area (Å²) < 4.78 is 2.54. The summed E-state index contributed by atoms with van der Waals surface area (Å²) in [4.78, 5) is 15.1. The minimum absolute atomic E-state index is 0.327. The molecule has 1 atom stereocenters. The summed E-state index contributed by atoms with van der Waals surface area (Å²) in [6, 6.07) is 15.7. The van der Waals surface area contributed by atoms with Crippen LogP contribution in [0.2, 0.25) is 0 Å². The van der Waals surface area contributed by atoms with E-state index in [0.29, 0.717) is 6.04 Å². The molecule has 6 rings (SSSR count). The lowest BCUT2D eigenvalue weighted by atomic mass is 9.90. The highest BCUT2D eigenvalue weighted by Gasteiger charge is 2.28. The van der Waals surface area contributed by atoms with Gasteiger partial charge in [0, 0.05) is 74.5 Å². The predicted molar refractivity (Wildman–Crippen MR) is 155 cm³/mol. The van der Waals surface area contributed by atoms with Crippen LogP contribution in [-0.2, 0) is 19.5 Å². The first-order valence-corrected chi connectivity index (χ1v) is 14.5. The van der Waals surface area contributed by atoms with Crippen LogP contribution in [0, 0.1) is 0 Å². The molecule has 1 aliphatic carbocycles. The number of aromatic nitrogens is 3. The van der Waals surface area contributed by atoms with Gasteiger partial charge in [-0.3, -0.25) is 19.8 Å². The van der Waals surface area contributed by atoms with E-state index in [4.69, 9.17) is 15.7 Å². The SMILES string of the molecule is NCCCCN(Cc1nccc2c3ccccc3n(CCN3CCNCC3)c12)[C@H]1CCCc2cccnc21. The van der Waals surface area contributed by atoms with E-state index in [0.717, 1.165) is 84.6 Å². The second-order valence-corrected chi connectivity index (χ2v) is 10.8. The van der Waals surface area contributed by atoms with Crippen LogP contribution in [0.5, 0.6) is 0 Å². The minimum Gasteiger partial charge on any atom is -0.338 e. The van der Waals surface area contributed by atoms with Gasteiger partial charge in [0.2, 0.25) is 0 Å². The molecule has 0 bridgehead atoms. The molecule has 4 aromatic rings. The average Bonchev–Trinajstić information content (AvgIpc) is 3.30. The van der Waals surface area contributed by atoms with Crippen molar-refractivity contribution in [1.29, 1.82) is 0 Å². The summed E-state index contributed by atoms with van der Waals surface area (Å²) in [6.07, 6.45) is 9.59. The van der Waals surface area contributed by atoms with Gasteiger partial charge in [-0.05, 0) is 69.0 Å². The molecule has 0 saturated carbocycles. The zero-order valence-corrected chi connectivity index (χ0v) is 22.5. The Morgan fingerprint density at radius 2 is 1.84 bits per heavy atom. The van der Waals surface area contributed by atoms with E-state index in [1.54, 1.807) is 0 Å². The summed E-state index contributed by atoms with van der Waals surface area (Å²) >= 11 is 0. The largest absolute Gasteiger partial charge is 0.338 e. The Balaban J connectivity index is 1.38. The van der Waals surface area contributed by atoms with Gasteiger partial charge in [-0.2, -0.15) is 0 Å². The molecule has 0 unspecified atom stereocenters. The summed E-state index contributed by atoms with van der Waals surface area (Å²) in [6.45, 7) is 9.00. The van der Waals surface area contributed by atoms with E-state index in [-0.39, 0.29) is 0 Å². The molecule has 38 heavy (non-hydrogen) atoms. The van der Waals surface area contributed by atoms with E-state index < -0.39 is 0 Å². The third kappa shape index (κ3) is 5.21. The van der Waals surface area contributed by atoms with E-state index in [1.165, 1.54) is 45.2 Å². The molecule has 0 spiro atoms. The quantitative estimate of drug-likeness (QED) is 0.312. The van der Waals surface area contributed by atoms with Crippen molar-refractivity contribution < 1.29 is 0 Å². The maximum absolute atomic E-state index is 5.90. The number of nitrogens with one attached hydrogen (secondary N) is 1. The van der Waals surface area contributed by atoms with Gasteiger partial charge in [0.25, 0.3) is 0 Å². The Bertz CT molecular complexity index is 1360. The molecular formula is C31H41N7. The van der Waals surface area contributed by atoms with E-state index in [2.05, 4.69) is 62.1 Å². The number of pyridine rings is 2. The molecule has 2 aliphatic rings. The third-order valence-electron chi connectivity index (χ3n) is 8.46. The molecule has 0 radical (unpaired) electrons. The molecule has 1 saturated heterocycles.